The van der Waals surface area contributed by atoms with Gasteiger partial charge in [0.05, 0.1) is 11.9 Å². The van der Waals surface area contributed by atoms with Crippen LogP contribution in [0.5, 0.6) is 0 Å². The number of amides is 1. The lowest BCUT2D eigenvalue weighted by Gasteiger charge is -2.23. The lowest BCUT2D eigenvalue weighted by molar-refractivity contribution is -0.119. The van der Waals surface area contributed by atoms with Gasteiger partial charge in [0.2, 0.25) is 15.9 Å². The van der Waals surface area contributed by atoms with Crippen LogP contribution in [-0.4, -0.2) is 45.7 Å². The molecule has 7 heteroatoms. The summed E-state index contributed by atoms with van der Waals surface area (Å²) in [6.45, 7) is 2.16. The molecule has 1 N–H and O–H groups in total. The van der Waals surface area contributed by atoms with Crippen molar-refractivity contribution < 1.29 is 13.2 Å². The largest absolute Gasteiger partial charge is 0.354 e. The first kappa shape index (κ1) is 16.8. The molecule has 0 fully saturated rings. The monoisotopic (exact) mass is 316 g/mol. The van der Waals surface area contributed by atoms with Crippen molar-refractivity contribution in [2.45, 2.75) is 6.92 Å². The molecule has 20 heavy (non-hydrogen) atoms. The zero-order valence-electron chi connectivity index (χ0n) is 11.9. The molecule has 112 valence electrons. The van der Waals surface area contributed by atoms with E-state index >= 15 is 0 Å². The van der Waals surface area contributed by atoms with E-state index in [-0.39, 0.29) is 12.5 Å². The van der Waals surface area contributed by atoms with E-state index in [0.29, 0.717) is 12.2 Å². The number of carbonyl (C=O) groups is 1. The van der Waals surface area contributed by atoms with Crippen molar-refractivity contribution >= 4 is 33.4 Å². The number of anilines is 1. The minimum absolute atomic E-state index is 0.196. The molecular weight excluding hydrogens is 296 g/mol. The maximum atomic E-state index is 11.9. The Morgan fingerprint density at radius 3 is 2.55 bits per heavy atom. The Morgan fingerprint density at radius 2 is 2.00 bits per heavy atom. The first-order valence-electron chi connectivity index (χ1n) is 6.15. The van der Waals surface area contributed by atoms with Crippen LogP contribution >= 0.6 is 11.8 Å². The summed E-state index contributed by atoms with van der Waals surface area (Å²) in [5.41, 5.74) is 1.35. The van der Waals surface area contributed by atoms with Gasteiger partial charge in [-0.25, -0.2) is 8.42 Å². The van der Waals surface area contributed by atoms with E-state index in [4.69, 9.17) is 0 Å². The van der Waals surface area contributed by atoms with Crippen LogP contribution in [-0.2, 0) is 14.8 Å². The molecule has 0 aliphatic carbocycles. The summed E-state index contributed by atoms with van der Waals surface area (Å²) in [4.78, 5) is 11.8. The molecule has 0 bridgehead atoms. The maximum absolute atomic E-state index is 11.9. The Balaban J connectivity index is 2.88. The van der Waals surface area contributed by atoms with Crippen LogP contribution in [0.15, 0.2) is 24.3 Å². The number of para-hydroxylation sites is 1. The van der Waals surface area contributed by atoms with Crippen LogP contribution in [0.4, 0.5) is 5.69 Å². The first-order chi connectivity index (χ1) is 9.36. The Bertz CT molecular complexity index is 558. The third-order valence-electron chi connectivity index (χ3n) is 2.70. The first-order valence-corrected chi connectivity index (χ1v) is 9.39. The summed E-state index contributed by atoms with van der Waals surface area (Å²) >= 11 is 1.62. The molecule has 5 nitrogen and oxygen atoms in total. The number of nitrogens with one attached hydrogen (secondary N) is 1. The maximum Gasteiger partial charge on any atom is 0.240 e. The van der Waals surface area contributed by atoms with E-state index in [9.17, 15) is 13.2 Å². The topological polar surface area (TPSA) is 66.5 Å². The Labute approximate surface area is 124 Å². The molecule has 0 spiro atoms. The Hall–Kier alpha value is -1.21. The van der Waals surface area contributed by atoms with Crippen LogP contribution < -0.4 is 9.62 Å². The summed E-state index contributed by atoms with van der Waals surface area (Å²) < 4.78 is 24.9. The highest BCUT2D eigenvalue weighted by Crippen LogP contribution is 2.21. The third-order valence-corrected chi connectivity index (χ3v) is 4.44. The highest BCUT2D eigenvalue weighted by Gasteiger charge is 2.21. The second-order valence-corrected chi connectivity index (χ2v) is 7.29. The minimum atomic E-state index is -3.50. The quantitative estimate of drug-likeness (QED) is 0.769. The predicted molar refractivity (Wildman–Crippen MR) is 84.8 cm³/mol. The smallest absolute Gasteiger partial charge is 0.240 e. The highest BCUT2D eigenvalue weighted by atomic mass is 32.2. The molecule has 0 aliphatic rings. The van der Waals surface area contributed by atoms with E-state index in [2.05, 4.69) is 5.32 Å². The molecule has 0 radical (unpaired) electrons. The van der Waals surface area contributed by atoms with Gasteiger partial charge in [0, 0.05) is 12.3 Å². The van der Waals surface area contributed by atoms with Crippen LogP contribution in [0.1, 0.15) is 5.56 Å². The van der Waals surface area contributed by atoms with E-state index in [1.165, 1.54) is 0 Å². The van der Waals surface area contributed by atoms with Gasteiger partial charge in [0.15, 0.2) is 0 Å². The van der Waals surface area contributed by atoms with Gasteiger partial charge in [0.1, 0.15) is 6.54 Å². The van der Waals surface area contributed by atoms with E-state index in [0.717, 1.165) is 21.9 Å². The zero-order valence-corrected chi connectivity index (χ0v) is 13.6. The number of sulfonamides is 1. The summed E-state index contributed by atoms with van der Waals surface area (Å²) in [7, 11) is -3.50. The van der Waals surface area contributed by atoms with Crippen molar-refractivity contribution in [3.8, 4) is 0 Å². The van der Waals surface area contributed by atoms with Crippen LogP contribution in [0, 0.1) is 6.92 Å². The van der Waals surface area contributed by atoms with Crippen molar-refractivity contribution in [3.05, 3.63) is 29.8 Å². The second-order valence-electron chi connectivity index (χ2n) is 4.40. The summed E-state index contributed by atoms with van der Waals surface area (Å²) in [6.07, 6.45) is 3.05. The molecular formula is C13H20N2O3S2. The van der Waals surface area contributed by atoms with Crippen LogP contribution in [0.3, 0.4) is 0 Å². The number of carbonyl (C=O) groups excluding carboxylic acids is 1. The fourth-order valence-corrected chi connectivity index (χ4v) is 2.92. The molecule has 1 amide bonds. The Kier molecular flexibility index (Phi) is 6.35. The van der Waals surface area contributed by atoms with Crippen LogP contribution in [0.25, 0.3) is 0 Å². The summed E-state index contributed by atoms with van der Waals surface area (Å²) in [6, 6.07) is 7.11. The fraction of sp³-hybridized carbons (Fsp3) is 0.462. The van der Waals surface area contributed by atoms with Crippen molar-refractivity contribution in [1.29, 1.82) is 0 Å². The van der Waals surface area contributed by atoms with E-state index in [1.807, 2.05) is 25.3 Å². The normalized spacial score (nSPS) is 11.2. The average molecular weight is 316 g/mol. The molecule has 1 aromatic rings. The average Bonchev–Trinajstić information content (AvgIpc) is 2.36. The number of nitrogens with zero attached hydrogens (tertiary/aromatic N) is 1. The summed E-state index contributed by atoms with van der Waals surface area (Å²) in [5, 5.41) is 2.71. The minimum Gasteiger partial charge on any atom is -0.354 e. The molecule has 1 aromatic carbocycles. The highest BCUT2D eigenvalue weighted by molar-refractivity contribution is 7.98. The number of rotatable bonds is 7. The van der Waals surface area contributed by atoms with E-state index in [1.54, 1.807) is 23.9 Å². The molecule has 0 aliphatic heterocycles. The van der Waals surface area contributed by atoms with Gasteiger partial charge in [0.25, 0.3) is 0 Å². The number of benzene rings is 1. The van der Waals surface area contributed by atoms with Gasteiger partial charge >= 0.3 is 0 Å². The van der Waals surface area contributed by atoms with Crippen molar-refractivity contribution in [3.63, 3.8) is 0 Å². The number of hydrogen-bond acceptors (Lipinski definition) is 4. The SMILES string of the molecule is CSCCNC(=O)CN(c1ccccc1C)S(C)(=O)=O. The van der Waals surface area contributed by atoms with Gasteiger partial charge in [-0.2, -0.15) is 11.8 Å². The standard InChI is InChI=1S/C13H20N2O3S2/c1-11-6-4-5-7-12(11)15(20(3,17)18)10-13(16)14-8-9-19-2/h4-7H,8-10H2,1-3H3,(H,14,16). The predicted octanol–water partition coefficient (Wildman–Crippen LogP) is 1.24. The van der Waals surface area contributed by atoms with Crippen LogP contribution in [0.2, 0.25) is 0 Å². The zero-order chi connectivity index (χ0) is 15.2. The lowest BCUT2D eigenvalue weighted by Crippen LogP contribution is -2.41. The molecule has 0 heterocycles. The van der Waals surface area contributed by atoms with Gasteiger partial charge in [-0.1, -0.05) is 18.2 Å². The van der Waals surface area contributed by atoms with E-state index < -0.39 is 10.0 Å². The fourth-order valence-electron chi connectivity index (χ4n) is 1.70. The molecule has 0 atom stereocenters. The number of aryl methyl sites for hydroxylation is 1. The molecule has 1 rings (SSSR count). The summed E-state index contributed by atoms with van der Waals surface area (Å²) in [5.74, 6) is 0.502. The molecule has 0 saturated carbocycles. The lowest BCUT2D eigenvalue weighted by atomic mass is 10.2. The number of thioether (sulfide) groups is 1. The second kappa shape index (κ2) is 7.54. The molecule has 0 unspecified atom stereocenters. The molecule has 0 saturated heterocycles. The van der Waals surface area contributed by atoms with Crippen molar-refractivity contribution in [2.24, 2.45) is 0 Å². The number of hydrogen-bond donors (Lipinski definition) is 1. The van der Waals surface area contributed by atoms with Gasteiger partial charge < -0.3 is 5.32 Å². The van der Waals surface area contributed by atoms with Crippen molar-refractivity contribution in [1.82, 2.24) is 5.32 Å². The third kappa shape index (κ3) is 5.05. The Morgan fingerprint density at radius 1 is 1.35 bits per heavy atom. The van der Waals surface area contributed by atoms with Crippen molar-refractivity contribution in [2.75, 3.05) is 35.7 Å². The van der Waals surface area contributed by atoms with Gasteiger partial charge in [-0.15, -0.1) is 0 Å². The van der Waals surface area contributed by atoms with Gasteiger partial charge in [-0.3, -0.25) is 9.10 Å². The molecule has 0 aromatic heterocycles. The van der Waals surface area contributed by atoms with Gasteiger partial charge in [-0.05, 0) is 24.8 Å².